The number of hydrogen-bond acceptors (Lipinski definition) is 5. The number of nitrogens with zero attached hydrogens (tertiary/aromatic N) is 1. The lowest BCUT2D eigenvalue weighted by Gasteiger charge is -2.51. The second-order valence-electron chi connectivity index (χ2n) is 10.8. The molecule has 10 heteroatoms. The van der Waals surface area contributed by atoms with Crippen molar-refractivity contribution in [2.24, 2.45) is 17.8 Å². The van der Waals surface area contributed by atoms with Crippen LogP contribution in [0, 0.1) is 23.6 Å². The van der Waals surface area contributed by atoms with Crippen molar-refractivity contribution in [1.82, 2.24) is 5.32 Å². The van der Waals surface area contributed by atoms with Gasteiger partial charge in [-0.1, -0.05) is 42.0 Å². The molecule has 7 nitrogen and oxygen atoms in total. The van der Waals surface area contributed by atoms with Gasteiger partial charge in [0.1, 0.15) is 11.6 Å². The predicted molar refractivity (Wildman–Crippen MR) is 145 cm³/mol. The van der Waals surface area contributed by atoms with Gasteiger partial charge in [0.15, 0.2) is 9.75 Å². The van der Waals surface area contributed by atoms with Gasteiger partial charge in [0.25, 0.3) is 11.8 Å². The summed E-state index contributed by atoms with van der Waals surface area (Å²) in [6.07, 6.45) is 1.84. The first-order valence-electron chi connectivity index (χ1n) is 12.9. The highest BCUT2D eigenvalue weighted by Gasteiger charge is 2.76. The Kier molecular flexibility index (Phi) is 5.29. The number of amides is 4. The molecular formula is C30H21Cl2FN2O5. The van der Waals surface area contributed by atoms with Crippen molar-refractivity contribution in [2.45, 2.75) is 28.5 Å². The largest absolute Gasteiger partial charge is 0.508 e. The fourth-order valence-electron chi connectivity index (χ4n) is 7.21. The molecule has 4 amide bonds. The van der Waals surface area contributed by atoms with E-state index in [1.165, 1.54) is 18.2 Å². The number of hydrogen-bond donors (Lipinski definition) is 2. The van der Waals surface area contributed by atoms with Crippen molar-refractivity contribution in [1.29, 1.82) is 0 Å². The highest BCUT2D eigenvalue weighted by molar-refractivity contribution is 6.58. The first-order chi connectivity index (χ1) is 19.1. The Hall–Kier alpha value is -3.75. The molecule has 2 aliphatic carbocycles. The maximum absolute atomic E-state index is 14.4. The van der Waals surface area contributed by atoms with Gasteiger partial charge in [0.05, 0.1) is 17.5 Å². The summed E-state index contributed by atoms with van der Waals surface area (Å²) < 4.78 is 13.7. The van der Waals surface area contributed by atoms with Gasteiger partial charge in [-0.15, -0.1) is 23.2 Å². The Labute approximate surface area is 237 Å². The molecular weight excluding hydrogens is 558 g/mol. The molecule has 2 heterocycles. The second kappa shape index (κ2) is 8.38. The molecule has 3 aromatic carbocycles. The summed E-state index contributed by atoms with van der Waals surface area (Å²) in [6, 6.07) is 15.3. The van der Waals surface area contributed by atoms with Crippen molar-refractivity contribution in [3.05, 3.63) is 83.7 Å². The first kappa shape index (κ1) is 25.2. The number of phenolic OH excluding ortho intramolecular Hbond substituents is 1. The smallest absolute Gasteiger partial charge is 0.258 e. The summed E-state index contributed by atoms with van der Waals surface area (Å²) in [5.41, 5.74) is 0.973. The summed E-state index contributed by atoms with van der Waals surface area (Å²) in [4.78, 5) is 50.9. The number of fused-ring (bicyclic) bond motifs is 5. The standard InChI is InChI=1S/C30H21Cl2FN2O5/c31-29-13-20-18(10-11-19-22(20)26(38)34-25(19)37)24(23-17-4-2-1-3-14(17)5-12-21(23)36)30(29,32)28(40)35(27(29)39)16-8-6-15(33)7-9-16/h1-10,12,19-20,22,24,36H,11,13H2,(H,34,37,38)/t19-,20+,22-,24+,29+,30-/m0/s1. The number of rotatable bonds is 2. The minimum atomic E-state index is -2.12. The van der Waals surface area contributed by atoms with Gasteiger partial charge in [-0.25, -0.2) is 9.29 Å². The number of nitrogens with one attached hydrogen (secondary N) is 1. The lowest BCUT2D eigenvalue weighted by Crippen LogP contribution is -2.60. The van der Waals surface area contributed by atoms with Crippen molar-refractivity contribution in [3.8, 4) is 5.75 Å². The minimum Gasteiger partial charge on any atom is -0.508 e. The van der Waals surface area contributed by atoms with Crippen molar-refractivity contribution >= 4 is 63.3 Å². The molecule has 7 rings (SSSR count). The number of carbonyl (C=O) groups excluding carboxylic acids is 4. The molecule has 6 atom stereocenters. The van der Waals surface area contributed by atoms with Gasteiger partial charge in [-0.2, -0.15) is 0 Å². The number of phenols is 1. The molecule has 0 spiro atoms. The monoisotopic (exact) mass is 578 g/mol. The first-order valence-corrected chi connectivity index (χ1v) is 13.6. The molecule has 3 aromatic rings. The van der Waals surface area contributed by atoms with E-state index in [1.54, 1.807) is 24.3 Å². The molecule has 1 saturated carbocycles. The van der Waals surface area contributed by atoms with E-state index in [2.05, 4.69) is 5.32 Å². The zero-order chi connectivity index (χ0) is 28.1. The fourth-order valence-corrected chi connectivity index (χ4v) is 8.13. The number of imide groups is 2. The third-order valence-electron chi connectivity index (χ3n) is 8.98. The summed E-state index contributed by atoms with van der Waals surface area (Å²) >= 11 is 14.6. The Balaban J connectivity index is 1.52. The van der Waals surface area contributed by atoms with Crippen molar-refractivity contribution in [3.63, 3.8) is 0 Å². The number of anilines is 1. The molecule has 3 fully saturated rings. The van der Waals surface area contributed by atoms with Crippen LogP contribution in [0.25, 0.3) is 10.8 Å². The summed E-state index contributed by atoms with van der Waals surface area (Å²) in [5, 5.41) is 15.1. The molecule has 2 saturated heterocycles. The minimum absolute atomic E-state index is 0.0929. The van der Waals surface area contributed by atoms with Crippen molar-refractivity contribution < 1.29 is 28.7 Å². The lowest BCUT2D eigenvalue weighted by molar-refractivity contribution is -0.127. The number of benzene rings is 3. The Morgan fingerprint density at radius 1 is 0.900 bits per heavy atom. The average molecular weight is 579 g/mol. The van der Waals surface area contributed by atoms with E-state index in [9.17, 15) is 28.7 Å². The van der Waals surface area contributed by atoms with E-state index in [-0.39, 0.29) is 24.3 Å². The van der Waals surface area contributed by atoms with Gasteiger partial charge in [-0.3, -0.25) is 24.5 Å². The highest BCUT2D eigenvalue weighted by Crippen LogP contribution is 2.66. The quantitative estimate of drug-likeness (QED) is 0.264. The van der Waals surface area contributed by atoms with Gasteiger partial charge in [-0.05, 0) is 59.9 Å². The lowest BCUT2D eigenvalue weighted by atomic mass is 9.56. The molecule has 202 valence electrons. The van der Waals surface area contributed by atoms with E-state index in [4.69, 9.17) is 23.2 Å². The maximum Gasteiger partial charge on any atom is 0.258 e. The SMILES string of the molecule is O=C1NC(=O)[C@H]2CC=C3[C@@H](C[C@@]4(Cl)C(=O)N(c5ccc(F)cc5)C(=O)[C@@]4(Cl)[C@H]3c3c(O)ccc4ccccc34)[C@@H]12. The molecule has 40 heavy (non-hydrogen) atoms. The third kappa shape index (κ3) is 3.06. The van der Waals surface area contributed by atoms with E-state index in [0.29, 0.717) is 16.5 Å². The van der Waals surface area contributed by atoms with E-state index in [1.807, 2.05) is 12.1 Å². The number of alkyl halides is 2. The van der Waals surface area contributed by atoms with Crippen LogP contribution in [-0.2, 0) is 19.2 Å². The van der Waals surface area contributed by atoms with Crippen LogP contribution in [0.5, 0.6) is 5.75 Å². The molecule has 2 aliphatic heterocycles. The van der Waals surface area contributed by atoms with Crippen LogP contribution >= 0.6 is 23.2 Å². The summed E-state index contributed by atoms with van der Waals surface area (Å²) in [7, 11) is 0. The molecule has 0 bridgehead atoms. The van der Waals surface area contributed by atoms with E-state index >= 15 is 0 Å². The Morgan fingerprint density at radius 2 is 1.62 bits per heavy atom. The zero-order valence-corrected chi connectivity index (χ0v) is 22.2. The number of aromatic hydroxyl groups is 1. The zero-order valence-electron chi connectivity index (χ0n) is 20.7. The second-order valence-corrected chi connectivity index (χ2v) is 12.1. The number of halogens is 3. The van der Waals surface area contributed by atoms with Gasteiger partial charge >= 0.3 is 0 Å². The predicted octanol–water partition coefficient (Wildman–Crippen LogP) is 4.54. The molecule has 0 aromatic heterocycles. The van der Waals surface area contributed by atoms with Crippen LogP contribution < -0.4 is 10.2 Å². The normalized spacial score (nSPS) is 33.0. The van der Waals surface area contributed by atoms with Crippen LogP contribution in [0.15, 0.2) is 72.3 Å². The van der Waals surface area contributed by atoms with E-state index < -0.39 is 62.9 Å². The van der Waals surface area contributed by atoms with Gasteiger partial charge in [0, 0.05) is 11.5 Å². The fraction of sp³-hybridized carbons (Fsp3) is 0.267. The molecule has 0 unspecified atom stereocenters. The highest BCUT2D eigenvalue weighted by atomic mass is 35.5. The number of allylic oxidation sites excluding steroid dienone is 2. The molecule has 2 N–H and O–H groups in total. The average Bonchev–Trinajstić information content (AvgIpc) is 3.31. The van der Waals surface area contributed by atoms with Gasteiger partial charge in [0.2, 0.25) is 11.8 Å². The summed E-state index contributed by atoms with van der Waals surface area (Å²) in [6.45, 7) is 0. The van der Waals surface area contributed by atoms with Crippen LogP contribution in [0.3, 0.4) is 0 Å². The van der Waals surface area contributed by atoms with Gasteiger partial charge < -0.3 is 5.11 Å². The Bertz CT molecular complexity index is 1710. The van der Waals surface area contributed by atoms with Crippen LogP contribution in [-0.4, -0.2) is 38.5 Å². The van der Waals surface area contributed by atoms with Crippen LogP contribution in [0.1, 0.15) is 24.3 Å². The van der Waals surface area contributed by atoms with Crippen LogP contribution in [0.2, 0.25) is 0 Å². The third-order valence-corrected chi connectivity index (χ3v) is 10.4. The van der Waals surface area contributed by atoms with Crippen molar-refractivity contribution in [2.75, 3.05) is 4.90 Å². The Morgan fingerprint density at radius 3 is 2.38 bits per heavy atom. The maximum atomic E-state index is 14.4. The van der Waals surface area contributed by atoms with Crippen LogP contribution in [0.4, 0.5) is 10.1 Å². The van der Waals surface area contributed by atoms with E-state index in [0.717, 1.165) is 22.4 Å². The molecule has 0 radical (unpaired) electrons. The molecule has 4 aliphatic rings. The number of carbonyl (C=O) groups is 4. The summed E-state index contributed by atoms with van der Waals surface area (Å²) in [5.74, 6) is -6.49. The topological polar surface area (TPSA) is 104 Å².